The Morgan fingerprint density at radius 1 is 1.24 bits per heavy atom. The van der Waals surface area contributed by atoms with Crippen LogP contribution >= 0.6 is 0 Å². The van der Waals surface area contributed by atoms with Gasteiger partial charge in [-0.3, -0.25) is 10.1 Å². The molecule has 21 heavy (non-hydrogen) atoms. The summed E-state index contributed by atoms with van der Waals surface area (Å²) >= 11 is 0. The molecule has 4 unspecified atom stereocenters. The van der Waals surface area contributed by atoms with Crippen molar-refractivity contribution in [2.75, 3.05) is 0 Å². The summed E-state index contributed by atoms with van der Waals surface area (Å²) in [7, 11) is 0. The zero-order chi connectivity index (χ0) is 16.4. The van der Waals surface area contributed by atoms with Gasteiger partial charge in [-0.15, -0.1) is 0 Å². The van der Waals surface area contributed by atoms with E-state index in [0.717, 1.165) is 6.42 Å². The van der Waals surface area contributed by atoms with E-state index in [1.807, 2.05) is 27.7 Å². The predicted octanol–water partition coefficient (Wildman–Crippen LogP) is 3.55. The van der Waals surface area contributed by atoms with Gasteiger partial charge in [-0.05, 0) is 25.2 Å². The molecule has 0 aromatic rings. The highest BCUT2D eigenvalue weighted by Crippen LogP contribution is 2.30. The topological polar surface area (TPSA) is 32.3 Å². The Hall–Kier alpha value is -0.780. The maximum atomic E-state index is 12.6. The van der Waals surface area contributed by atoms with E-state index in [9.17, 15) is 18.0 Å². The van der Waals surface area contributed by atoms with E-state index in [0.29, 0.717) is 12.3 Å². The van der Waals surface area contributed by atoms with Crippen LogP contribution in [0.5, 0.6) is 0 Å². The van der Waals surface area contributed by atoms with Gasteiger partial charge in [0.1, 0.15) is 0 Å². The Bertz CT molecular complexity index is 357. The minimum absolute atomic E-state index is 0.121. The fraction of sp³-hybridized carbons (Fsp3) is 0.933. The molecule has 1 heterocycles. The van der Waals surface area contributed by atoms with Crippen molar-refractivity contribution in [1.82, 2.24) is 10.2 Å². The average molecular weight is 308 g/mol. The van der Waals surface area contributed by atoms with Gasteiger partial charge in [0.25, 0.3) is 0 Å². The third-order valence-electron chi connectivity index (χ3n) is 4.14. The van der Waals surface area contributed by atoms with Gasteiger partial charge in [-0.2, -0.15) is 13.2 Å². The lowest BCUT2D eigenvalue weighted by atomic mass is 9.99. The van der Waals surface area contributed by atoms with E-state index in [-0.39, 0.29) is 24.0 Å². The van der Waals surface area contributed by atoms with Gasteiger partial charge in [0.05, 0.1) is 18.6 Å². The lowest BCUT2D eigenvalue weighted by Gasteiger charge is -2.31. The zero-order valence-corrected chi connectivity index (χ0v) is 13.5. The number of alkyl halides is 3. The predicted molar refractivity (Wildman–Crippen MR) is 76.6 cm³/mol. The molecule has 1 amide bonds. The van der Waals surface area contributed by atoms with Crippen LogP contribution in [0.25, 0.3) is 0 Å². The summed E-state index contributed by atoms with van der Waals surface area (Å²) in [6.07, 6.45) is -4.02. The van der Waals surface area contributed by atoms with Gasteiger partial charge >= 0.3 is 6.18 Å². The van der Waals surface area contributed by atoms with Crippen LogP contribution in [0, 0.1) is 11.8 Å². The van der Waals surface area contributed by atoms with Crippen LogP contribution in [0.4, 0.5) is 13.2 Å². The summed E-state index contributed by atoms with van der Waals surface area (Å²) in [4.78, 5) is 13.9. The van der Waals surface area contributed by atoms with Crippen LogP contribution in [-0.4, -0.2) is 35.2 Å². The fourth-order valence-corrected chi connectivity index (χ4v) is 2.90. The molecule has 0 aromatic carbocycles. The summed E-state index contributed by atoms with van der Waals surface area (Å²) in [5.74, 6) is 0.244. The first-order valence-electron chi connectivity index (χ1n) is 7.71. The summed E-state index contributed by atoms with van der Waals surface area (Å²) in [5, 5.41) is 3.25. The third-order valence-corrected chi connectivity index (χ3v) is 4.14. The molecule has 0 saturated carbocycles. The quantitative estimate of drug-likeness (QED) is 0.814. The highest BCUT2D eigenvalue weighted by molar-refractivity contribution is 5.85. The maximum Gasteiger partial charge on any atom is 0.391 e. The van der Waals surface area contributed by atoms with Crippen molar-refractivity contribution in [2.45, 2.75) is 78.3 Å². The lowest BCUT2D eigenvalue weighted by Crippen LogP contribution is -2.45. The highest BCUT2D eigenvalue weighted by atomic mass is 19.4. The molecule has 3 nitrogen and oxygen atoms in total. The maximum absolute atomic E-state index is 12.6. The van der Waals surface area contributed by atoms with Crippen molar-refractivity contribution in [2.24, 2.45) is 11.8 Å². The monoisotopic (exact) mass is 308 g/mol. The second-order valence-electron chi connectivity index (χ2n) is 6.59. The van der Waals surface area contributed by atoms with E-state index in [2.05, 4.69) is 5.32 Å². The Labute approximate surface area is 125 Å². The molecule has 1 fully saturated rings. The summed E-state index contributed by atoms with van der Waals surface area (Å²) < 4.78 is 37.9. The second-order valence-corrected chi connectivity index (χ2v) is 6.59. The summed E-state index contributed by atoms with van der Waals surface area (Å²) in [6.45, 7) is 9.45. The van der Waals surface area contributed by atoms with Crippen LogP contribution < -0.4 is 5.32 Å². The largest absolute Gasteiger partial charge is 0.391 e. The van der Waals surface area contributed by atoms with Gasteiger partial charge < -0.3 is 4.90 Å². The molecule has 0 bridgehead atoms. The number of halogens is 3. The van der Waals surface area contributed by atoms with Gasteiger partial charge in [0, 0.05) is 6.04 Å². The molecule has 0 spiro atoms. The van der Waals surface area contributed by atoms with E-state index >= 15 is 0 Å². The molecular weight excluding hydrogens is 281 g/mol. The number of carbonyl (C=O) groups is 1. The van der Waals surface area contributed by atoms with E-state index in [4.69, 9.17) is 0 Å². The van der Waals surface area contributed by atoms with E-state index in [1.165, 1.54) is 11.8 Å². The van der Waals surface area contributed by atoms with Gasteiger partial charge in [0.15, 0.2) is 0 Å². The van der Waals surface area contributed by atoms with Crippen molar-refractivity contribution in [1.29, 1.82) is 0 Å². The Morgan fingerprint density at radius 3 is 2.24 bits per heavy atom. The Morgan fingerprint density at radius 2 is 1.81 bits per heavy atom. The van der Waals surface area contributed by atoms with Crippen LogP contribution in [-0.2, 0) is 4.79 Å². The first-order valence-corrected chi connectivity index (χ1v) is 7.71. The number of rotatable bonds is 6. The molecule has 1 aliphatic rings. The molecular formula is C15H27F3N2O. The SMILES string of the molecule is CCC(C)C1NC(CC(C)C)N(C(C)CC(F)(F)F)C1=O. The number of hydrogen-bond donors (Lipinski definition) is 1. The fourth-order valence-electron chi connectivity index (χ4n) is 2.90. The zero-order valence-electron chi connectivity index (χ0n) is 13.5. The Balaban J connectivity index is 2.91. The second kappa shape index (κ2) is 6.99. The molecule has 6 heteroatoms. The van der Waals surface area contributed by atoms with Crippen LogP contribution in [0.2, 0.25) is 0 Å². The number of hydrogen-bond acceptors (Lipinski definition) is 2. The van der Waals surface area contributed by atoms with Crippen LogP contribution in [0.1, 0.15) is 53.9 Å². The lowest BCUT2D eigenvalue weighted by molar-refractivity contribution is -0.153. The molecule has 1 aliphatic heterocycles. The number of amides is 1. The van der Waals surface area contributed by atoms with Crippen molar-refractivity contribution in [3.63, 3.8) is 0 Å². The van der Waals surface area contributed by atoms with Crippen LogP contribution in [0.3, 0.4) is 0 Å². The molecule has 0 radical (unpaired) electrons. The van der Waals surface area contributed by atoms with Crippen molar-refractivity contribution in [3.05, 3.63) is 0 Å². The number of carbonyl (C=O) groups excluding carboxylic acids is 1. The Kier molecular flexibility index (Phi) is 6.08. The smallest absolute Gasteiger partial charge is 0.323 e. The van der Waals surface area contributed by atoms with Crippen LogP contribution in [0.15, 0.2) is 0 Å². The number of nitrogens with zero attached hydrogens (tertiary/aromatic N) is 1. The summed E-state index contributed by atoms with van der Waals surface area (Å²) in [6, 6.07) is -1.20. The van der Waals surface area contributed by atoms with Crippen molar-refractivity contribution < 1.29 is 18.0 Å². The normalized spacial score (nSPS) is 26.5. The van der Waals surface area contributed by atoms with Gasteiger partial charge in [-0.1, -0.05) is 34.1 Å². The first kappa shape index (κ1) is 18.3. The molecule has 1 rings (SSSR count). The number of nitrogens with one attached hydrogen (secondary N) is 1. The van der Waals surface area contributed by atoms with Crippen molar-refractivity contribution >= 4 is 5.91 Å². The summed E-state index contributed by atoms with van der Waals surface area (Å²) in [5.41, 5.74) is 0. The molecule has 0 aliphatic carbocycles. The van der Waals surface area contributed by atoms with Gasteiger partial charge in [-0.25, -0.2) is 0 Å². The highest BCUT2D eigenvalue weighted by Gasteiger charge is 2.45. The molecule has 4 atom stereocenters. The van der Waals surface area contributed by atoms with E-state index in [1.54, 1.807) is 0 Å². The minimum Gasteiger partial charge on any atom is -0.323 e. The van der Waals surface area contributed by atoms with Gasteiger partial charge in [0.2, 0.25) is 5.91 Å². The average Bonchev–Trinajstić information content (AvgIpc) is 2.62. The standard InChI is InChI=1S/C15H27F3N2O/c1-6-10(4)13-14(21)20(11(5)8-15(16,17)18)12(19-13)7-9(2)3/h9-13,19H,6-8H2,1-5H3. The molecule has 0 aromatic heterocycles. The first-order chi connectivity index (χ1) is 9.56. The molecule has 124 valence electrons. The minimum atomic E-state index is -4.25. The molecule has 1 saturated heterocycles. The van der Waals surface area contributed by atoms with E-state index < -0.39 is 18.6 Å². The van der Waals surface area contributed by atoms with Crippen molar-refractivity contribution in [3.8, 4) is 0 Å². The molecule has 1 N–H and O–H groups in total. The third kappa shape index (κ3) is 4.87.